The Balaban J connectivity index is 1.63. The number of hydrogen-bond donors (Lipinski definition) is 2. The Kier molecular flexibility index (Phi) is 10.6. The molecule has 3 fully saturated rings. The summed E-state index contributed by atoms with van der Waals surface area (Å²) in [5, 5.41) is 4.17. The fourth-order valence-corrected chi connectivity index (χ4v) is 8.45. The fraction of sp³-hybridized carbons (Fsp3) is 1.00. The Bertz CT molecular complexity index is 561. The third-order valence-corrected chi connectivity index (χ3v) is 11.1. The van der Waals surface area contributed by atoms with E-state index < -0.39 is 0 Å². The molecule has 1 spiro atoms. The minimum absolute atomic E-state index is 0.414. The van der Waals surface area contributed by atoms with Gasteiger partial charge in [-0.2, -0.15) is 0 Å². The van der Waals surface area contributed by atoms with Gasteiger partial charge < -0.3 is 11.1 Å². The van der Waals surface area contributed by atoms with Crippen molar-refractivity contribution in [1.82, 2.24) is 5.32 Å². The molecule has 2 heteroatoms. The molecule has 0 aliphatic heterocycles. The van der Waals surface area contributed by atoms with Crippen molar-refractivity contribution in [2.75, 3.05) is 0 Å². The first-order chi connectivity index (χ1) is 15.9. The second-order valence-electron chi connectivity index (χ2n) is 13.0. The van der Waals surface area contributed by atoms with Crippen LogP contribution in [0.15, 0.2) is 0 Å². The minimum Gasteiger partial charge on any atom is -0.328 e. The van der Waals surface area contributed by atoms with E-state index in [2.05, 4.69) is 46.9 Å². The van der Waals surface area contributed by atoms with Crippen LogP contribution in [-0.2, 0) is 0 Å². The van der Waals surface area contributed by atoms with Gasteiger partial charge in [-0.25, -0.2) is 0 Å². The van der Waals surface area contributed by atoms with Gasteiger partial charge in [-0.05, 0) is 92.8 Å². The zero-order valence-corrected chi connectivity index (χ0v) is 23.4. The van der Waals surface area contributed by atoms with Crippen LogP contribution in [0.2, 0.25) is 0 Å². The van der Waals surface area contributed by atoms with Crippen molar-refractivity contribution in [3.8, 4) is 0 Å². The van der Waals surface area contributed by atoms with Crippen LogP contribution < -0.4 is 11.1 Å². The smallest absolute Gasteiger partial charge is 0.0113 e. The lowest BCUT2D eigenvalue weighted by Gasteiger charge is -2.40. The highest BCUT2D eigenvalue weighted by atomic mass is 15.0. The van der Waals surface area contributed by atoms with E-state index in [0.717, 1.165) is 35.5 Å². The van der Waals surface area contributed by atoms with Crippen LogP contribution in [0.25, 0.3) is 0 Å². The van der Waals surface area contributed by atoms with Crippen LogP contribution in [0.3, 0.4) is 0 Å². The highest BCUT2D eigenvalue weighted by molar-refractivity contribution is 5.10. The molecular weight excluding hydrogens is 400 g/mol. The van der Waals surface area contributed by atoms with Gasteiger partial charge in [0.25, 0.3) is 0 Å². The third kappa shape index (κ3) is 6.78. The first-order valence-corrected chi connectivity index (χ1v) is 15.4. The van der Waals surface area contributed by atoms with Gasteiger partial charge in [-0.15, -0.1) is 0 Å². The Labute approximate surface area is 208 Å². The van der Waals surface area contributed by atoms with E-state index in [4.69, 9.17) is 5.73 Å². The van der Waals surface area contributed by atoms with Gasteiger partial charge in [-0.1, -0.05) is 86.0 Å². The fourth-order valence-electron chi connectivity index (χ4n) is 8.45. The Hall–Kier alpha value is -0.0800. The monoisotopic (exact) mass is 460 g/mol. The SMILES string of the molecule is CCC(C)CCC(CC)C1CCCCC2(CC2C(C)NC2CC(N)CCC2CC)C(CC)C1. The van der Waals surface area contributed by atoms with Gasteiger partial charge in [0.05, 0.1) is 0 Å². The van der Waals surface area contributed by atoms with Gasteiger partial charge >= 0.3 is 0 Å². The van der Waals surface area contributed by atoms with Crippen molar-refractivity contribution in [2.24, 2.45) is 46.7 Å². The van der Waals surface area contributed by atoms with E-state index in [1.807, 2.05) is 0 Å². The van der Waals surface area contributed by atoms with Crippen molar-refractivity contribution < 1.29 is 0 Å². The molecule has 0 bridgehead atoms. The molecular formula is C31H60N2. The molecule has 10 atom stereocenters. The first-order valence-electron chi connectivity index (χ1n) is 15.4. The van der Waals surface area contributed by atoms with Gasteiger partial charge in [0.2, 0.25) is 0 Å². The molecule has 10 unspecified atom stereocenters. The minimum atomic E-state index is 0.414. The molecule has 3 rings (SSSR count). The van der Waals surface area contributed by atoms with E-state index in [-0.39, 0.29) is 0 Å². The van der Waals surface area contributed by atoms with Crippen molar-refractivity contribution in [3.63, 3.8) is 0 Å². The summed E-state index contributed by atoms with van der Waals surface area (Å²) in [5.74, 6) is 5.53. The van der Waals surface area contributed by atoms with E-state index in [9.17, 15) is 0 Å². The molecule has 194 valence electrons. The Morgan fingerprint density at radius 1 is 0.909 bits per heavy atom. The molecule has 0 aromatic heterocycles. The lowest BCUT2D eigenvalue weighted by atomic mass is 9.68. The predicted molar refractivity (Wildman–Crippen MR) is 145 cm³/mol. The molecule has 2 nitrogen and oxygen atoms in total. The van der Waals surface area contributed by atoms with E-state index in [1.165, 1.54) is 96.3 Å². The zero-order chi connectivity index (χ0) is 24.0. The van der Waals surface area contributed by atoms with Gasteiger partial charge in [0, 0.05) is 18.1 Å². The molecule has 3 aliphatic rings. The van der Waals surface area contributed by atoms with E-state index >= 15 is 0 Å². The topological polar surface area (TPSA) is 38.0 Å². The van der Waals surface area contributed by atoms with Gasteiger partial charge in [-0.3, -0.25) is 0 Å². The second-order valence-corrected chi connectivity index (χ2v) is 13.0. The highest BCUT2D eigenvalue weighted by Gasteiger charge is 2.59. The van der Waals surface area contributed by atoms with Crippen LogP contribution >= 0.6 is 0 Å². The first kappa shape index (κ1) is 27.5. The van der Waals surface area contributed by atoms with Crippen LogP contribution in [0.1, 0.15) is 138 Å². The van der Waals surface area contributed by atoms with Crippen molar-refractivity contribution >= 4 is 0 Å². The lowest BCUT2D eigenvalue weighted by Crippen LogP contribution is -2.49. The quantitative estimate of drug-likeness (QED) is 0.325. The van der Waals surface area contributed by atoms with Crippen molar-refractivity contribution in [3.05, 3.63) is 0 Å². The third-order valence-electron chi connectivity index (χ3n) is 11.1. The molecule has 0 aromatic carbocycles. The predicted octanol–water partition coefficient (Wildman–Crippen LogP) is 8.34. The molecule has 0 radical (unpaired) electrons. The van der Waals surface area contributed by atoms with Gasteiger partial charge in [0.15, 0.2) is 0 Å². The normalized spacial score (nSPS) is 40.1. The summed E-state index contributed by atoms with van der Waals surface area (Å²) in [6.45, 7) is 14.7. The number of rotatable bonds is 11. The molecule has 0 amide bonds. The maximum absolute atomic E-state index is 6.40. The van der Waals surface area contributed by atoms with Crippen molar-refractivity contribution in [1.29, 1.82) is 0 Å². The van der Waals surface area contributed by atoms with Crippen LogP contribution in [0.4, 0.5) is 0 Å². The zero-order valence-electron chi connectivity index (χ0n) is 23.4. The molecule has 3 saturated carbocycles. The van der Waals surface area contributed by atoms with E-state index in [0.29, 0.717) is 23.5 Å². The summed E-state index contributed by atoms with van der Waals surface area (Å²) < 4.78 is 0. The Morgan fingerprint density at radius 2 is 1.70 bits per heavy atom. The summed E-state index contributed by atoms with van der Waals surface area (Å²) in [6, 6.07) is 1.73. The summed E-state index contributed by atoms with van der Waals surface area (Å²) in [6.07, 6.45) is 21.1. The summed E-state index contributed by atoms with van der Waals surface area (Å²) in [7, 11) is 0. The summed E-state index contributed by atoms with van der Waals surface area (Å²) in [4.78, 5) is 0. The lowest BCUT2D eigenvalue weighted by molar-refractivity contribution is 0.124. The number of hydrogen-bond acceptors (Lipinski definition) is 2. The number of nitrogens with one attached hydrogen (secondary N) is 1. The summed E-state index contributed by atoms with van der Waals surface area (Å²) in [5.41, 5.74) is 7.04. The van der Waals surface area contributed by atoms with Crippen LogP contribution in [-0.4, -0.2) is 18.1 Å². The van der Waals surface area contributed by atoms with Crippen molar-refractivity contribution in [2.45, 2.75) is 156 Å². The average molecular weight is 461 g/mol. The van der Waals surface area contributed by atoms with Crippen LogP contribution in [0.5, 0.6) is 0 Å². The molecule has 3 aliphatic carbocycles. The molecule has 3 N–H and O–H groups in total. The van der Waals surface area contributed by atoms with Crippen LogP contribution in [0, 0.1) is 40.9 Å². The second kappa shape index (κ2) is 12.8. The molecule has 33 heavy (non-hydrogen) atoms. The Morgan fingerprint density at radius 3 is 2.36 bits per heavy atom. The van der Waals surface area contributed by atoms with E-state index in [1.54, 1.807) is 0 Å². The maximum atomic E-state index is 6.40. The summed E-state index contributed by atoms with van der Waals surface area (Å²) >= 11 is 0. The van der Waals surface area contributed by atoms with Gasteiger partial charge in [0.1, 0.15) is 0 Å². The number of nitrogens with two attached hydrogens (primary N) is 1. The highest BCUT2D eigenvalue weighted by Crippen LogP contribution is 2.65. The standard InChI is InChI=1S/C31H60N2/c1-7-22(5)14-15-24(8-2)26-13-11-12-18-31(27(10-4)19-26)21-29(31)23(6)33-30-20-28(32)17-16-25(30)9-3/h22-30,33H,7-21,32H2,1-6H3. The molecule has 0 aromatic rings. The molecule has 0 heterocycles. The molecule has 0 saturated heterocycles. The largest absolute Gasteiger partial charge is 0.328 e. The average Bonchev–Trinajstić information content (AvgIpc) is 3.54. The maximum Gasteiger partial charge on any atom is 0.0113 e.